The third-order valence-corrected chi connectivity index (χ3v) is 4.76. The van der Waals surface area contributed by atoms with Gasteiger partial charge in [-0.2, -0.15) is 0 Å². The molecule has 0 saturated carbocycles. The fourth-order valence-corrected chi connectivity index (χ4v) is 3.59. The second-order valence-corrected chi connectivity index (χ2v) is 6.13. The number of allylic oxidation sites excluding steroid dienone is 2. The summed E-state index contributed by atoms with van der Waals surface area (Å²) in [6.45, 7) is 8.12. The minimum absolute atomic E-state index is 1.03. The summed E-state index contributed by atoms with van der Waals surface area (Å²) in [5.74, 6) is 0. The van der Waals surface area contributed by atoms with Crippen LogP contribution in [0, 0.1) is 0 Å². The van der Waals surface area contributed by atoms with Crippen molar-refractivity contribution < 1.29 is 0 Å². The zero-order valence-electron chi connectivity index (χ0n) is 13.6. The highest BCUT2D eigenvalue weighted by Gasteiger charge is 2.17. The molecule has 1 heteroatoms. The molecule has 0 atom stereocenters. The Kier molecular flexibility index (Phi) is 3.62. The maximum atomic E-state index is 4.45. The molecule has 0 saturated heterocycles. The number of rotatable bonds is 2. The summed E-state index contributed by atoms with van der Waals surface area (Å²) < 4.78 is 0. The van der Waals surface area contributed by atoms with Gasteiger partial charge in [-0.1, -0.05) is 67.8 Å². The number of pyridine rings is 1. The first-order chi connectivity index (χ1) is 11.8. The van der Waals surface area contributed by atoms with E-state index in [0.29, 0.717) is 0 Å². The van der Waals surface area contributed by atoms with Crippen LogP contribution in [0.3, 0.4) is 0 Å². The molecule has 0 N–H and O–H groups in total. The fourth-order valence-electron chi connectivity index (χ4n) is 3.59. The third-order valence-electron chi connectivity index (χ3n) is 4.76. The molecular weight excluding hydrogens is 290 g/mol. The van der Waals surface area contributed by atoms with Gasteiger partial charge in [-0.25, -0.2) is 0 Å². The molecule has 0 radical (unpaired) electrons. The Bertz CT molecular complexity index is 1080. The van der Waals surface area contributed by atoms with Gasteiger partial charge >= 0.3 is 0 Å². The predicted molar refractivity (Wildman–Crippen MR) is 103 cm³/mol. The number of hydrogen-bond donors (Lipinski definition) is 0. The Morgan fingerprint density at radius 3 is 2.75 bits per heavy atom. The maximum Gasteiger partial charge on any atom is 0.0352 e. The van der Waals surface area contributed by atoms with Crippen LogP contribution in [0.15, 0.2) is 67.5 Å². The molecule has 0 fully saturated rings. The molecule has 4 rings (SSSR count). The van der Waals surface area contributed by atoms with Crippen molar-refractivity contribution in [3.63, 3.8) is 0 Å². The van der Waals surface area contributed by atoms with Crippen molar-refractivity contribution in [1.82, 2.24) is 4.98 Å². The monoisotopic (exact) mass is 309 g/mol. The molecular formula is C23H19N. The van der Waals surface area contributed by atoms with Crippen molar-refractivity contribution in [1.29, 1.82) is 0 Å². The normalized spacial score (nSPS) is 14.3. The van der Waals surface area contributed by atoms with Crippen LogP contribution in [-0.2, 0) is 6.42 Å². The molecule has 2 aromatic carbocycles. The van der Waals surface area contributed by atoms with Crippen LogP contribution in [0.25, 0.3) is 29.0 Å². The van der Waals surface area contributed by atoms with E-state index in [2.05, 4.69) is 60.6 Å². The smallest absolute Gasteiger partial charge is 0.0352 e. The van der Waals surface area contributed by atoms with Crippen molar-refractivity contribution >= 4 is 29.0 Å². The van der Waals surface area contributed by atoms with Gasteiger partial charge < -0.3 is 0 Å². The number of fused-ring (bicyclic) bond motifs is 2. The largest absolute Gasteiger partial charge is 0.263 e. The Morgan fingerprint density at radius 2 is 1.88 bits per heavy atom. The Labute approximate surface area is 142 Å². The lowest BCUT2D eigenvalue weighted by Gasteiger charge is -2.20. The fraction of sp³-hybridized carbons (Fsp3) is 0.0870. The number of aromatic nitrogens is 1. The van der Waals surface area contributed by atoms with E-state index in [1.165, 1.54) is 33.0 Å². The third kappa shape index (κ3) is 2.30. The van der Waals surface area contributed by atoms with Crippen molar-refractivity contribution in [3.8, 4) is 0 Å². The topological polar surface area (TPSA) is 12.9 Å². The molecule has 0 amide bonds. The van der Waals surface area contributed by atoms with E-state index < -0.39 is 0 Å². The summed E-state index contributed by atoms with van der Waals surface area (Å²) in [6.07, 6.45) is 12.2. The predicted octanol–water partition coefficient (Wildman–Crippen LogP) is 3.99. The van der Waals surface area contributed by atoms with Gasteiger partial charge in [-0.05, 0) is 45.4 Å². The molecule has 1 aliphatic rings. The van der Waals surface area contributed by atoms with Gasteiger partial charge in [-0.3, -0.25) is 4.98 Å². The Balaban J connectivity index is 1.98. The van der Waals surface area contributed by atoms with Crippen LogP contribution >= 0.6 is 0 Å². The van der Waals surface area contributed by atoms with Crippen LogP contribution in [0.2, 0.25) is 0 Å². The molecule has 0 aliphatic heterocycles. The highest BCUT2D eigenvalue weighted by molar-refractivity contribution is 5.97. The molecule has 24 heavy (non-hydrogen) atoms. The van der Waals surface area contributed by atoms with Crippen LogP contribution in [0.1, 0.15) is 23.1 Å². The summed E-state index contributed by atoms with van der Waals surface area (Å²) >= 11 is 0. The molecule has 116 valence electrons. The number of nitrogens with zero attached hydrogens (tertiary/aromatic N) is 1. The van der Waals surface area contributed by atoms with Crippen molar-refractivity contribution in [2.45, 2.75) is 12.8 Å². The highest BCUT2D eigenvalue weighted by Crippen LogP contribution is 2.33. The van der Waals surface area contributed by atoms with Gasteiger partial charge in [-0.15, -0.1) is 0 Å². The zero-order chi connectivity index (χ0) is 16.5. The maximum absolute atomic E-state index is 4.45. The zero-order valence-corrected chi connectivity index (χ0v) is 13.6. The van der Waals surface area contributed by atoms with E-state index in [4.69, 9.17) is 0 Å². The number of benzene rings is 2. The summed E-state index contributed by atoms with van der Waals surface area (Å²) in [5, 5.41) is 4.70. The van der Waals surface area contributed by atoms with E-state index >= 15 is 0 Å². The van der Waals surface area contributed by atoms with E-state index in [-0.39, 0.29) is 0 Å². The van der Waals surface area contributed by atoms with E-state index in [9.17, 15) is 0 Å². The van der Waals surface area contributed by atoms with Gasteiger partial charge in [0.2, 0.25) is 0 Å². The van der Waals surface area contributed by atoms with Crippen LogP contribution < -0.4 is 10.4 Å². The second kappa shape index (κ2) is 5.93. The van der Waals surface area contributed by atoms with Crippen LogP contribution in [0.5, 0.6) is 0 Å². The SMILES string of the molecule is C=C/C=c1/ccc2c(c1=C)CCC=C2c1cncc2ccccc12. The van der Waals surface area contributed by atoms with Gasteiger partial charge in [0.05, 0.1) is 0 Å². The molecule has 1 aromatic heterocycles. The lowest BCUT2D eigenvalue weighted by atomic mass is 9.84. The Morgan fingerprint density at radius 1 is 1.00 bits per heavy atom. The molecule has 0 bridgehead atoms. The highest BCUT2D eigenvalue weighted by atomic mass is 14.6. The summed E-state index contributed by atoms with van der Waals surface area (Å²) in [7, 11) is 0. The van der Waals surface area contributed by atoms with Crippen molar-refractivity contribution in [2.24, 2.45) is 0 Å². The molecule has 3 aromatic rings. The molecule has 1 nitrogen and oxygen atoms in total. The minimum Gasteiger partial charge on any atom is -0.263 e. The summed E-state index contributed by atoms with van der Waals surface area (Å²) in [6, 6.07) is 12.8. The average molecular weight is 309 g/mol. The lowest BCUT2D eigenvalue weighted by Crippen LogP contribution is -2.29. The average Bonchev–Trinajstić information content (AvgIpc) is 2.63. The molecule has 1 heterocycles. The first kappa shape index (κ1) is 14.6. The quantitative estimate of drug-likeness (QED) is 0.697. The lowest BCUT2D eigenvalue weighted by molar-refractivity contribution is 0.965. The minimum atomic E-state index is 1.03. The van der Waals surface area contributed by atoms with Gasteiger partial charge in [0.25, 0.3) is 0 Å². The van der Waals surface area contributed by atoms with Crippen molar-refractivity contribution in [2.75, 3.05) is 0 Å². The van der Waals surface area contributed by atoms with Crippen molar-refractivity contribution in [3.05, 3.63) is 94.7 Å². The first-order valence-corrected chi connectivity index (χ1v) is 8.27. The van der Waals surface area contributed by atoms with E-state index in [1.807, 2.05) is 24.5 Å². The van der Waals surface area contributed by atoms with Gasteiger partial charge in [0, 0.05) is 23.3 Å². The Hall–Kier alpha value is -2.93. The first-order valence-electron chi connectivity index (χ1n) is 8.27. The second-order valence-electron chi connectivity index (χ2n) is 6.13. The summed E-state index contributed by atoms with van der Waals surface area (Å²) in [4.78, 5) is 4.45. The van der Waals surface area contributed by atoms with Crippen LogP contribution in [-0.4, -0.2) is 4.98 Å². The molecule has 0 spiro atoms. The summed E-state index contributed by atoms with van der Waals surface area (Å²) in [5.41, 5.74) is 5.10. The standard InChI is InChI=1S/C23H19N/c1-3-7-17-12-13-22-19(16(17)2)10-6-11-21(22)23-15-24-14-18-8-4-5-9-20(18)23/h3-5,7-9,11-15H,1-2,6,10H2/b17-7-. The number of hydrogen-bond acceptors (Lipinski definition) is 1. The van der Waals surface area contributed by atoms with E-state index in [1.54, 1.807) is 0 Å². The van der Waals surface area contributed by atoms with Gasteiger partial charge in [0.1, 0.15) is 0 Å². The molecule has 1 aliphatic carbocycles. The van der Waals surface area contributed by atoms with Crippen LogP contribution in [0.4, 0.5) is 0 Å². The molecule has 0 unspecified atom stereocenters. The van der Waals surface area contributed by atoms with Gasteiger partial charge in [0.15, 0.2) is 0 Å². The van der Waals surface area contributed by atoms with E-state index in [0.717, 1.165) is 23.3 Å².